The summed E-state index contributed by atoms with van der Waals surface area (Å²) < 4.78 is 5.75. The number of rotatable bonds is 5. The van der Waals surface area contributed by atoms with E-state index in [4.69, 9.17) is 9.57 Å². The van der Waals surface area contributed by atoms with E-state index in [0.717, 1.165) is 63.3 Å². The maximum Gasteiger partial charge on any atom is 0.342 e. The number of benzene rings is 1. The zero-order chi connectivity index (χ0) is 25.9. The third kappa shape index (κ3) is 8.14. The number of hydrogen-bond acceptors (Lipinski definition) is 7. The number of fused-ring (bicyclic) bond motifs is 1. The zero-order valence-corrected chi connectivity index (χ0v) is 21.4. The van der Waals surface area contributed by atoms with E-state index >= 15 is 0 Å². The highest BCUT2D eigenvalue weighted by atomic mass is 16.6. The van der Waals surface area contributed by atoms with Gasteiger partial charge in [0.1, 0.15) is 23.2 Å². The molecule has 196 valence electrons. The van der Waals surface area contributed by atoms with Crippen molar-refractivity contribution < 1.29 is 29.4 Å². The molecule has 2 aliphatic rings. The number of phenols is 2. The quantitative estimate of drug-likeness (QED) is 0.335. The molecule has 0 saturated carbocycles. The van der Waals surface area contributed by atoms with Gasteiger partial charge in [0.05, 0.1) is 5.71 Å². The number of oxime groups is 1. The van der Waals surface area contributed by atoms with Crippen LogP contribution >= 0.6 is 0 Å². The Hall–Kier alpha value is -3.29. The van der Waals surface area contributed by atoms with E-state index in [2.05, 4.69) is 11.2 Å². The maximum atomic E-state index is 13.1. The summed E-state index contributed by atoms with van der Waals surface area (Å²) in [5.41, 5.74) is 1.90. The normalized spacial score (nSPS) is 23.1. The van der Waals surface area contributed by atoms with Crippen molar-refractivity contribution >= 4 is 17.6 Å². The molecule has 36 heavy (non-hydrogen) atoms. The van der Waals surface area contributed by atoms with Crippen molar-refractivity contribution in [2.24, 2.45) is 5.16 Å². The Morgan fingerprint density at radius 1 is 1.19 bits per heavy atom. The SMILES string of the molecule is CCCC1C/C=C/CC/C(C)=C/C(=N/OCC(=O)N2CCCCC2)Cc2cc(O)cc(O)c2C(=O)O1. The summed E-state index contributed by atoms with van der Waals surface area (Å²) in [5.74, 6) is -1.27. The molecule has 8 nitrogen and oxygen atoms in total. The number of ether oxygens (including phenoxy) is 1. The molecule has 0 bridgehead atoms. The van der Waals surface area contributed by atoms with Crippen LogP contribution in [-0.2, 0) is 20.8 Å². The topological polar surface area (TPSA) is 109 Å². The molecule has 0 aromatic heterocycles. The minimum absolute atomic E-state index is 0.00177. The predicted molar refractivity (Wildman–Crippen MR) is 138 cm³/mol. The van der Waals surface area contributed by atoms with Crippen LogP contribution in [0.5, 0.6) is 11.5 Å². The van der Waals surface area contributed by atoms with Crippen LogP contribution < -0.4 is 0 Å². The van der Waals surface area contributed by atoms with Gasteiger partial charge in [-0.1, -0.05) is 36.2 Å². The van der Waals surface area contributed by atoms with Crippen LogP contribution in [0.15, 0.2) is 41.1 Å². The Labute approximate surface area is 213 Å². The third-order valence-corrected chi connectivity index (χ3v) is 6.41. The molecule has 0 radical (unpaired) electrons. The third-order valence-electron chi connectivity index (χ3n) is 6.41. The standard InChI is InChI=1S/C28H38N2O6/c1-3-10-24-12-7-4-6-11-20(2)15-22(29-35-19-26(33)30-13-8-5-9-14-30)16-21-17-23(31)18-25(32)27(21)28(34)36-24/h4,7,15,17-18,24,31-32H,3,5-6,8-14,16,19H2,1-2H3/b7-4+,20-15+,29-22-. The molecule has 0 spiro atoms. The van der Waals surface area contributed by atoms with Gasteiger partial charge in [0.15, 0.2) is 6.61 Å². The second-order valence-electron chi connectivity index (χ2n) is 9.53. The lowest BCUT2D eigenvalue weighted by Gasteiger charge is -2.26. The van der Waals surface area contributed by atoms with Gasteiger partial charge in [0.25, 0.3) is 5.91 Å². The van der Waals surface area contributed by atoms with Crippen LogP contribution in [0.1, 0.15) is 81.1 Å². The maximum absolute atomic E-state index is 13.1. The van der Waals surface area contributed by atoms with Crippen LogP contribution in [0.3, 0.4) is 0 Å². The van der Waals surface area contributed by atoms with E-state index < -0.39 is 5.97 Å². The number of phenolic OH excluding ortho intramolecular Hbond substituents is 2. The monoisotopic (exact) mass is 498 g/mol. The van der Waals surface area contributed by atoms with E-state index in [-0.39, 0.29) is 42.1 Å². The Morgan fingerprint density at radius 2 is 1.97 bits per heavy atom. The first kappa shape index (κ1) is 27.3. The van der Waals surface area contributed by atoms with Gasteiger partial charge in [-0.15, -0.1) is 0 Å². The Balaban J connectivity index is 1.89. The van der Waals surface area contributed by atoms with E-state index in [1.807, 2.05) is 26.0 Å². The van der Waals surface area contributed by atoms with Gasteiger partial charge in [0, 0.05) is 32.0 Å². The lowest BCUT2D eigenvalue weighted by molar-refractivity contribution is -0.137. The molecule has 2 heterocycles. The number of carbonyl (C=O) groups excluding carboxylic acids is 2. The second kappa shape index (κ2) is 13.7. The number of aromatic hydroxyl groups is 2. The number of cyclic esters (lactones) is 1. The van der Waals surface area contributed by atoms with Gasteiger partial charge < -0.3 is 24.7 Å². The number of likely N-dealkylation sites (tertiary alicyclic amines) is 1. The fraction of sp³-hybridized carbons (Fsp3) is 0.536. The van der Waals surface area contributed by atoms with E-state index in [0.29, 0.717) is 24.1 Å². The molecule has 1 unspecified atom stereocenters. The highest BCUT2D eigenvalue weighted by Crippen LogP contribution is 2.30. The van der Waals surface area contributed by atoms with Crippen molar-refractivity contribution in [2.45, 2.75) is 77.7 Å². The lowest BCUT2D eigenvalue weighted by atomic mass is 9.98. The van der Waals surface area contributed by atoms with Gasteiger partial charge in [0.2, 0.25) is 0 Å². The van der Waals surface area contributed by atoms with E-state index in [9.17, 15) is 19.8 Å². The van der Waals surface area contributed by atoms with Crippen LogP contribution in [0.4, 0.5) is 0 Å². The molecule has 2 N–H and O–H groups in total. The van der Waals surface area contributed by atoms with E-state index in [1.165, 1.54) is 6.07 Å². The Morgan fingerprint density at radius 3 is 2.72 bits per heavy atom. The largest absolute Gasteiger partial charge is 0.508 e. The Kier molecular flexibility index (Phi) is 10.4. The number of carbonyl (C=O) groups is 2. The molecule has 1 atom stereocenters. The average molecular weight is 499 g/mol. The number of hydrogen-bond donors (Lipinski definition) is 2. The fourth-order valence-electron chi connectivity index (χ4n) is 4.54. The molecule has 1 amide bonds. The summed E-state index contributed by atoms with van der Waals surface area (Å²) in [6, 6.07) is 2.55. The Bertz CT molecular complexity index is 1010. The van der Waals surface area contributed by atoms with Crippen molar-refractivity contribution in [3.8, 4) is 11.5 Å². The summed E-state index contributed by atoms with van der Waals surface area (Å²) in [7, 11) is 0. The minimum atomic E-state index is -0.646. The average Bonchev–Trinajstić information content (AvgIpc) is 2.83. The predicted octanol–water partition coefficient (Wildman–Crippen LogP) is 5.04. The summed E-state index contributed by atoms with van der Waals surface area (Å²) in [4.78, 5) is 32.8. The number of piperidine rings is 1. The first-order valence-corrected chi connectivity index (χ1v) is 12.9. The number of esters is 1. The van der Waals surface area contributed by atoms with Crippen LogP contribution in [0, 0.1) is 0 Å². The molecule has 2 aliphatic heterocycles. The molecule has 0 aliphatic carbocycles. The van der Waals surface area contributed by atoms with Crippen molar-refractivity contribution in [3.05, 3.63) is 47.1 Å². The number of amides is 1. The molecule has 1 aromatic carbocycles. The van der Waals surface area contributed by atoms with Crippen LogP contribution in [0.2, 0.25) is 0 Å². The fourth-order valence-corrected chi connectivity index (χ4v) is 4.54. The van der Waals surface area contributed by atoms with E-state index in [1.54, 1.807) is 4.90 Å². The zero-order valence-electron chi connectivity index (χ0n) is 21.4. The van der Waals surface area contributed by atoms with Crippen LogP contribution in [-0.4, -0.2) is 58.5 Å². The molecule has 3 rings (SSSR count). The van der Waals surface area contributed by atoms with Gasteiger partial charge >= 0.3 is 5.97 Å². The first-order valence-electron chi connectivity index (χ1n) is 12.9. The molecule has 1 fully saturated rings. The van der Waals surface area contributed by atoms with Gasteiger partial charge in [-0.25, -0.2) is 4.79 Å². The van der Waals surface area contributed by atoms with Crippen molar-refractivity contribution in [1.82, 2.24) is 4.90 Å². The van der Waals surface area contributed by atoms with Crippen molar-refractivity contribution in [1.29, 1.82) is 0 Å². The number of allylic oxidation sites excluding steroid dienone is 3. The first-order chi connectivity index (χ1) is 17.4. The molecule has 1 saturated heterocycles. The van der Waals surface area contributed by atoms with Crippen molar-refractivity contribution in [3.63, 3.8) is 0 Å². The molecular weight excluding hydrogens is 460 g/mol. The second-order valence-corrected chi connectivity index (χ2v) is 9.53. The lowest BCUT2D eigenvalue weighted by Crippen LogP contribution is -2.37. The van der Waals surface area contributed by atoms with Gasteiger partial charge in [-0.2, -0.15) is 0 Å². The minimum Gasteiger partial charge on any atom is -0.508 e. The summed E-state index contributed by atoms with van der Waals surface area (Å²) in [5, 5.41) is 24.9. The molecule has 8 heteroatoms. The summed E-state index contributed by atoms with van der Waals surface area (Å²) in [6.45, 7) is 5.32. The highest BCUT2D eigenvalue weighted by molar-refractivity contribution is 6.01. The van der Waals surface area contributed by atoms with Crippen LogP contribution in [0.25, 0.3) is 0 Å². The molecular formula is C28H38N2O6. The number of nitrogens with zero attached hydrogens (tertiary/aromatic N) is 2. The smallest absolute Gasteiger partial charge is 0.342 e. The summed E-state index contributed by atoms with van der Waals surface area (Å²) >= 11 is 0. The van der Waals surface area contributed by atoms with Gasteiger partial charge in [-0.3, -0.25) is 4.79 Å². The highest BCUT2D eigenvalue weighted by Gasteiger charge is 2.24. The summed E-state index contributed by atoms with van der Waals surface area (Å²) in [6.07, 6.45) is 12.7. The molecule has 1 aromatic rings. The van der Waals surface area contributed by atoms with Gasteiger partial charge in [-0.05, 0) is 63.2 Å². The van der Waals surface area contributed by atoms with Crippen molar-refractivity contribution in [2.75, 3.05) is 19.7 Å².